The standard InChI is InChI=1S/C11H10N2O2.C6H7N.C5H4ClNO2.2C3H8.2C2H6/c1-8(14)10(7-12)11(15)13-9-5-3-2-4-6-9;7-6-4-2-1-3-5-6;1-3-4(5(6)8)2-7-9-3;2*1-3-2;2*1-2/h2-6,14H,1H3,(H,13,15);1-5H,7H2;2H,1H3;2*3H2,1-2H3;2*1-2H3/b10-8-;;;;;;. The quantitative estimate of drug-likeness (QED) is 0.0908. The number of benzene rings is 2. The second-order valence-corrected chi connectivity index (χ2v) is 7.63. The predicted octanol–water partition coefficient (Wildman–Crippen LogP) is 9.50. The second-order valence-electron chi connectivity index (χ2n) is 7.29. The van der Waals surface area contributed by atoms with Gasteiger partial charge in [0.15, 0.2) is 5.57 Å². The number of nitriles is 1. The average molecular weight is 589 g/mol. The van der Waals surface area contributed by atoms with Crippen molar-refractivity contribution < 1.29 is 19.2 Å². The Morgan fingerprint density at radius 2 is 1.37 bits per heavy atom. The molecule has 0 atom stereocenters. The number of aromatic nitrogens is 1. The van der Waals surface area contributed by atoms with Gasteiger partial charge in [-0.2, -0.15) is 5.26 Å². The summed E-state index contributed by atoms with van der Waals surface area (Å²) >= 11 is 5.11. The molecule has 3 aromatic rings. The van der Waals surface area contributed by atoms with Gasteiger partial charge in [-0.25, -0.2) is 0 Å². The number of nitrogens with one attached hydrogen (secondary N) is 1. The van der Waals surface area contributed by atoms with Gasteiger partial charge in [-0.15, -0.1) is 0 Å². The molecule has 0 fully saturated rings. The number of para-hydroxylation sites is 2. The number of nitrogens with zero attached hydrogens (tertiary/aromatic N) is 2. The van der Waals surface area contributed by atoms with E-state index in [0.717, 1.165) is 5.69 Å². The van der Waals surface area contributed by atoms with Crippen molar-refractivity contribution in [3.63, 3.8) is 0 Å². The zero-order valence-corrected chi connectivity index (χ0v) is 27.0. The molecule has 228 valence electrons. The summed E-state index contributed by atoms with van der Waals surface area (Å²) in [6, 6.07) is 19.8. The molecule has 41 heavy (non-hydrogen) atoms. The summed E-state index contributed by atoms with van der Waals surface area (Å²) in [4.78, 5) is 21.8. The van der Waals surface area contributed by atoms with Crippen molar-refractivity contribution in [1.82, 2.24) is 5.16 Å². The van der Waals surface area contributed by atoms with Crippen molar-refractivity contribution in [3.8, 4) is 6.07 Å². The number of hydrogen-bond acceptors (Lipinski definition) is 7. The molecule has 0 radical (unpaired) electrons. The normalized spacial score (nSPS) is 8.83. The van der Waals surface area contributed by atoms with Crippen LogP contribution in [-0.4, -0.2) is 21.4 Å². The number of nitrogen functional groups attached to an aromatic ring is 1. The zero-order valence-electron chi connectivity index (χ0n) is 26.3. The summed E-state index contributed by atoms with van der Waals surface area (Å²) in [5.74, 6) is -0.440. The van der Waals surface area contributed by atoms with Gasteiger partial charge in [0.2, 0.25) is 0 Å². The van der Waals surface area contributed by atoms with Crippen molar-refractivity contribution in [2.24, 2.45) is 0 Å². The average Bonchev–Trinajstić information content (AvgIpc) is 3.40. The van der Waals surface area contributed by atoms with E-state index in [1.54, 1.807) is 37.3 Å². The topological polar surface area (TPSA) is 142 Å². The largest absolute Gasteiger partial charge is 0.511 e. The molecular formula is C32H49ClN4O4. The van der Waals surface area contributed by atoms with Crippen LogP contribution in [0.5, 0.6) is 0 Å². The first-order valence-electron chi connectivity index (χ1n) is 13.7. The van der Waals surface area contributed by atoms with Crippen LogP contribution in [0.25, 0.3) is 0 Å². The van der Waals surface area contributed by atoms with Crippen molar-refractivity contribution in [3.05, 3.63) is 89.5 Å². The lowest BCUT2D eigenvalue weighted by molar-refractivity contribution is -0.112. The van der Waals surface area contributed by atoms with E-state index in [4.69, 9.17) is 27.7 Å². The highest BCUT2D eigenvalue weighted by Crippen LogP contribution is 2.09. The maximum absolute atomic E-state index is 11.4. The third-order valence-electron chi connectivity index (χ3n) is 3.49. The number of halogens is 1. The van der Waals surface area contributed by atoms with Crippen LogP contribution in [0.3, 0.4) is 0 Å². The zero-order chi connectivity index (χ0) is 32.6. The van der Waals surface area contributed by atoms with Crippen LogP contribution in [0.15, 0.2) is 82.7 Å². The second kappa shape index (κ2) is 32.1. The fourth-order valence-electron chi connectivity index (χ4n) is 1.95. The van der Waals surface area contributed by atoms with Gasteiger partial charge in [0.25, 0.3) is 11.1 Å². The Bertz CT molecular complexity index is 1090. The molecular weight excluding hydrogens is 540 g/mol. The Labute approximate surface area is 252 Å². The van der Waals surface area contributed by atoms with E-state index in [1.807, 2.05) is 64.1 Å². The van der Waals surface area contributed by atoms with Crippen molar-refractivity contribution in [2.75, 3.05) is 11.1 Å². The van der Waals surface area contributed by atoms with Crippen LogP contribution in [0, 0.1) is 18.3 Å². The minimum atomic E-state index is -0.608. The number of aliphatic hydroxyl groups is 1. The number of allylic oxidation sites excluding steroid dienone is 1. The van der Waals surface area contributed by atoms with Gasteiger partial charge < -0.3 is 20.7 Å². The third-order valence-corrected chi connectivity index (χ3v) is 3.70. The number of carbonyl (C=O) groups is 2. The molecule has 0 unspecified atom stereocenters. The molecule has 0 aliphatic carbocycles. The summed E-state index contributed by atoms with van der Waals surface area (Å²) in [5, 5.41) is 23.0. The Morgan fingerprint density at radius 1 is 0.951 bits per heavy atom. The SMILES string of the molecule is C/C(O)=C(\C#N)C(=O)Nc1ccccc1.CC.CC.CCC.CCC.Cc1oncc1C(=O)Cl.Nc1ccccc1. The van der Waals surface area contributed by atoms with Crippen LogP contribution in [0.4, 0.5) is 11.4 Å². The first-order valence-corrected chi connectivity index (χ1v) is 14.0. The summed E-state index contributed by atoms with van der Waals surface area (Å²) < 4.78 is 4.57. The third kappa shape index (κ3) is 25.9. The molecule has 4 N–H and O–H groups in total. The maximum atomic E-state index is 11.4. The van der Waals surface area contributed by atoms with Gasteiger partial charge in [0, 0.05) is 11.4 Å². The molecule has 0 saturated heterocycles. The monoisotopic (exact) mass is 588 g/mol. The summed E-state index contributed by atoms with van der Waals surface area (Å²) in [5.41, 5.74) is 6.81. The van der Waals surface area contributed by atoms with Crippen LogP contribution >= 0.6 is 11.6 Å². The highest BCUT2D eigenvalue weighted by atomic mass is 35.5. The van der Waals surface area contributed by atoms with E-state index in [9.17, 15) is 9.59 Å². The number of carbonyl (C=O) groups excluding carboxylic acids is 2. The molecule has 1 amide bonds. The molecule has 1 heterocycles. The number of aryl methyl sites for hydroxylation is 1. The molecule has 0 aliphatic heterocycles. The van der Waals surface area contributed by atoms with Crippen LogP contribution in [0.2, 0.25) is 0 Å². The van der Waals surface area contributed by atoms with Gasteiger partial charge in [0.1, 0.15) is 17.6 Å². The van der Waals surface area contributed by atoms with Crippen molar-refractivity contribution >= 4 is 34.1 Å². The first kappa shape index (κ1) is 43.9. The van der Waals surface area contributed by atoms with Crippen molar-refractivity contribution in [1.29, 1.82) is 5.26 Å². The van der Waals surface area contributed by atoms with Crippen LogP contribution in [-0.2, 0) is 4.79 Å². The molecule has 8 nitrogen and oxygen atoms in total. The van der Waals surface area contributed by atoms with Crippen LogP contribution < -0.4 is 11.1 Å². The smallest absolute Gasteiger partial charge is 0.269 e. The number of amides is 1. The van der Waals surface area contributed by atoms with Gasteiger partial charge >= 0.3 is 0 Å². The number of hydrogen-bond donors (Lipinski definition) is 3. The van der Waals surface area contributed by atoms with E-state index in [2.05, 4.69) is 42.7 Å². The lowest BCUT2D eigenvalue weighted by Crippen LogP contribution is -2.14. The molecule has 0 saturated carbocycles. The lowest BCUT2D eigenvalue weighted by Gasteiger charge is -2.03. The van der Waals surface area contributed by atoms with E-state index >= 15 is 0 Å². The van der Waals surface area contributed by atoms with Gasteiger partial charge in [-0.3, -0.25) is 9.59 Å². The number of aliphatic hydroxyl groups excluding tert-OH is 1. The number of rotatable bonds is 3. The highest BCUT2D eigenvalue weighted by molar-refractivity contribution is 6.67. The van der Waals surface area contributed by atoms with Crippen molar-refractivity contribution in [2.45, 2.75) is 82.1 Å². The van der Waals surface area contributed by atoms with Gasteiger partial charge in [0.05, 0.1) is 11.8 Å². The fourth-order valence-corrected chi connectivity index (χ4v) is 2.13. The first-order chi connectivity index (χ1) is 19.6. The Kier molecular flexibility index (Phi) is 34.4. The summed E-state index contributed by atoms with van der Waals surface area (Å²) in [6.45, 7) is 19.4. The molecule has 0 aliphatic rings. The summed E-state index contributed by atoms with van der Waals surface area (Å²) in [6.07, 6.45) is 3.80. The molecule has 0 bridgehead atoms. The predicted molar refractivity (Wildman–Crippen MR) is 173 cm³/mol. The molecule has 2 aromatic carbocycles. The van der Waals surface area contributed by atoms with E-state index in [0.29, 0.717) is 17.0 Å². The molecule has 3 rings (SSSR count). The number of anilines is 2. The number of nitrogens with two attached hydrogens (primary N) is 1. The minimum Gasteiger partial charge on any atom is -0.511 e. The van der Waals surface area contributed by atoms with E-state index in [1.165, 1.54) is 26.0 Å². The van der Waals surface area contributed by atoms with Gasteiger partial charge in [-0.1, -0.05) is 110 Å². The summed E-state index contributed by atoms with van der Waals surface area (Å²) in [7, 11) is 0. The maximum Gasteiger partial charge on any atom is 0.269 e. The lowest BCUT2D eigenvalue weighted by atomic mass is 10.2. The fraction of sp³-hybridized carbons (Fsp3) is 0.375. The highest BCUT2D eigenvalue weighted by Gasteiger charge is 2.12. The molecule has 9 heteroatoms. The van der Waals surface area contributed by atoms with Crippen LogP contribution in [0.1, 0.15) is 91.3 Å². The Morgan fingerprint density at radius 3 is 1.61 bits per heavy atom. The molecule has 0 spiro atoms. The minimum absolute atomic E-state index is 0.279. The Hall–Kier alpha value is -4.09. The molecule has 1 aromatic heterocycles. The van der Waals surface area contributed by atoms with Gasteiger partial charge in [-0.05, 0) is 49.7 Å². The van der Waals surface area contributed by atoms with E-state index in [-0.39, 0.29) is 11.3 Å². The van der Waals surface area contributed by atoms with E-state index < -0.39 is 11.1 Å². The Balaban J connectivity index is -0.000000226.